The van der Waals surface area contributed by atoms with Crippen LogP contribution in [0.5, 0.6) is 0 Å². The average Bonchev–Trinajstić information content (AvgIpc) is 3.03. The van der Waals surface area contributed by atoms with Crippen molar-refractivity contribution in [1.29, 1.82) is 0 Å². The second kappa shape index (κ2) is 6.17. The van der Waals surface area contributed by atoms with Gasteiger partial charge in [-0.2, -0.15) is 5.10 Å². The Balaban J connectivity index is 1.66. The van der Waals surface area contributed by atoms with Gasteiger partial charge in [0.2, 0.25) is 0 Å². The highest BCUT2D eigenvalue weighted by Crippen LogP contribution is 2.11. The Hall–Kier alpha value is -3.02. The molecule has 22 heavy (non-hydrogen) atoms. The molecule has 1 heterocycles. The Labute approximate surface area is 126 Å². The predicted octanol–water partition coefficient (Wildman–Crippen LogP) is 2.72. The number of aromatic nitrogens is 3. The number of hydrogen-bond donors (Lipinski definition) is 1. The standard InChI is InChI=1S/C16H13FN4O/c17-14-5-7-15(8-6-14)20-16(22)13-3-1-12(2-4-13)9-21-11-18-10-19-21/h1-8,10-11H,9H2,(H,20,22). The summed E-state index contributed by atoms with van der Waals surface area (Å²) in [7, 11) is 0. The summed E-state index contributed by atoms with van der Waals surface area (Å²) in [5, 5.41) is 6.74. The second-order valence-electron chi connectivity index (χ2n) is 4.75. The molecule has 1 amide bonds. The van der Waals surface area contributed by atoms with Crippen molar-refractivity contribution < 1.29 is 9.18 Å². The minimum atomic E-state index is -0.338. The van der Waals surface area contributed by atoms with Crippen LogP contribution >= 0.6 is 0 Å². The first-order valence-electron chi connectivity index (χ1n) is 6.69. The van der Waals surface area contributed by atoms with Crippen molar-refractivity contribution >= 4 is 11.6 Å². The van der Waals surface area contributed by atoms with Gasteiger partial charge in [0.1, 0.15) is 18.5 Å². The number of amides is 1. The smallest absolute Gasteiger partial charge is 0.255 e. The molecule has 0 atom stereocenters. The van der Waals surface area contributed by atoms with Crippen LogP contribution in [0.3, 0.4) is 0 Å². The highest BCUT2D eigenvalue weighted by Gasteiger charge is 2.06. The van der Waals surface area contributed by atoms with Gasteiger partial charge in [0.05, 0.1) is 6.54 Å². The van der Waals surface area contributed by atoms with Crippen LogP contribution in [0.4, 0.5) is 10.1 Å². The topological polar surface area (TPSA) is 59.8 Å². The molecule has 5 nitrogen and oxygen atoms in total. The summed E-state index contributed by atoms with van der Waals surface area (Å²) in [6, 6.07) is 12.9. The molecule has 2 aromatic carbocycles. The summed E-state index contributed by atoms with van der Waals surface area (Å²) in [4.78, 5) is 16.0. The molecule has 0 aliphatic heterocycles. The second-order valence-corrected chi connectivity index (χ2v) is 4.75. The molecule has 0 aliphatic carbocycles. The summed E-state index contributed by atoms with van der Waals surface area (Å²) in [6.07, 6.45) is 3.11. The molecule has 3 rings (SSSR count). The lowest BCUT2D eigenvalue weighted by molar-refractivity contribution is 0.102. The van der Waals surface area contributed by atoms with Gasteiger partial charge in [0, 0.05) is 11.3 Å². The van der Waals surface area contributed by atoms with Gasteiger partial charge in [-0.05, 0) is 42.0 Å². The Morgan fingerprint density at radius 3 is 2.45 bits per heavy atom. The first-order chi connectivity index (χ1) is 10.7. The number of carbonyl (C=O) groups is 1. The van der Waals surface area contributed by atoms with Crippen LogP contribution in [0.15, 0.2) is 61.2 Å². The number of rotatable bonds is 4. The van der Waals surface area contributed by atoms with E-state index in [1.807, 2.05) is 12.1 Å². The van der Waals surface area contributed by atoms with E-state index in [1.54, 1.807) is 23.1 Å². The first-order valence-corrected chi connectivity index (χ1v) is 6.69. The van der Waals surface area contributed by atoms with E-state index in [0.717, 1.165) is 5.56 Å². The number of nitrogens with zero attached hydrogens (tertiary/aromatic N) is 3. The maximum absolute atomic E-state index is 12.8. The maximum atomic E-state index is 12.8. The van der Waals surface area contributed by atoms with Crippen LogP contribution < -0.4 is 5.32 Å². The van der Waals surface area contributed by atoms with Crippen LogP contribution in [0.2, 0.25) is 0 Å². The monoisotopic (exact) mass is 296 g/mol. The van der Waals surface area contributed by atoms with Gasteiger partial charge in [-0.25, -0.2) is 14.1 Å². The lowest BCUT2D eigenvalue weighted by atomic mass is 10.1. The minimum absolute atomic E-state index is 0.237. The summed E-state index contributed by atoms with van der Waals surface area (Å²) in [6.45, 7) is 0.597. The van der Waals surface area contributed by atoms with Crippen molar-refractivity contribution in [2.75, 3.05) is 5.32 Å². The molecule has 0 saturated carbocycles. The maximum Gasteiger partial charge on any atom is 0.255 e. The average molecular weight is 296 g/mol. The molecule has 0 saturated heterocycles. The number of nitrogens with one attached hydrogen (secondary N) is 1. The van der Waals surface area contributed by atoms with E-state index in [9.17, 15) is 9.18 Å². The van der Waals surface area contributed by atoms with Gasteiger partial charge >= 0.3 is 0 Å². The van der Waals surface area contributed by atoms with Crippen molar-refractivity contribution in [3.8, 4) is 0 Å². The third kappa shape index (κ3) is 3.35. The Kier molecular flexibility index (Phi) is 3.91. The molecular formula is C16H13FN4O. The number of anilines is 1. The van der Waals surface area contributed by atoms with E-state index in [4.69, 9.17) is 0 Å². The summed E-state index contributed by atoms with van der Waals surface area (Å²) >= 11 is 0. The highest BCUT2D eigenvalue weighted by atomic mass is 19.1. The van der Waals surface area contributed by atoms with Crippen molar-refractivity contribution in [3.05, 3.63) is 78.1 Å². The van der Waals surface area contributed by atoms with Gasteiger partial charge in [0.15, 0.2) is 0 Å². The first kappa shape index (κ1) is 13.9. The summed E-state index contributed by atoms with van der Waals surface area (Å²) in [5.41, 5.74) is 2.11. The van der Waals surface area contributed by atoms with Crippen LogP contribution in [0.1, 0.15) is 15.9 Å². The van der Waals surface area contributed by atoms with E-state index >= 15 is 0 Å². The number of halogens is 1. The molecule has 0 radical (unpaired) electrons. The highest BCUT2D eigenvalue weighted by molar-refractivity contribution is 6.04. The van der Waals surface area contributed by atoms with Crippen LogP contribution in [0, 0.1) is 5.82 Å². The van der Waals surface area contributed by atoms with Crippen LogP contribution in [-0.4, -0.2) is 20.7 Å². The molecular weight excluding hydrogens is 283 g/mol. The summed E-state index contributed by atoms with van der Waals surface area (Å²) < 4.78 is 14.5. The molecule has 1 aromatic heterocycles. The van der Waals surface area contributed by atoms with E-state index in [0.29, 0.717) is 17.8 Å². The molecule has 0 aliphatic rings. The quantitative estimate of drug-likeness (QED) is 0.805. The van der Waals surface area contributed by atoms with Crippen molar-refractivity contribution in [1.82, 2.24) is 14.8 Å². The van der Waals surface area contributed by atoms with E-state index in [-0.39, 0.29) is 11.7 Å². The Morgan fingerprint density at radius 1 is 1.09 bits per heavy atom. The third-order valence-electron chi connectivity index (χ3n) is 3.13. The van der Waals surface area contributed by atoms with Gasteiger partial charge in [0.25, 0.3) is 5.91 Å². The van der Waals surface area contributed by atoms with E-state index in [1.165, 1.54) is 30.6 Å². The minimum Gasteiger partial charge on any atom is -0.322 e. The molecule has 1 N–H and O–H groups in total. The van der Waals surface area contributed by atoms with Crippen molar-refractivity contribution in [2.45, 2.75) is 6.54 Å². The zero-order valence-electron chi connectivity index (χ0n) is 11.6. The third-order valence-corrected chi connectivity index (χ3v) is 3.13. The van der Waals surface area contributed by atoms with Gasteiger partial charge < -0.3 is 5.32 Å². The fourth-order valence-corrected chi connectivity index (χ4v) is 2.00. The van der Waals surface area contributed by atoms with E-state index in [2.05, 4.69) is 15.4 Å². The molecule has 0 fully saturated rings. The Bertz CT molecular complexity index is 752. The Morgan fingerprint density at radius 2 is 1.82 bits per heavy atom. The normalized spacial score (nSPS) is 10.4. The van der Waals surface area contributed by atoms with Gasteiger partial charge in [-0.1, -0.05) is 12.1 Å². The zero-order chi connectivity index (χ0) is 15.4. The SMILES string of the molecule is O=C(Nc1ccc(F)cc1)c1ccc(Cn2cncn2)cc1. The zero-order valence-corrected chi connectivity index (χ0v) is 11.6. The number of benzene rings is 2. The van der Waals surface area contributed by atoms with Gasteiger partial charge in [-0.15, -0.1) is 0 Å². The summed E-state index contributed by atoms with van der Waals surface area (Å²) in [5.74, 6) is -0.575. The molecule has 0 bridgehead atoms. The molecule has 110 valence electrons. The lowest BCUT2D eigenvalue weighted by Gasteiger charge is -2.06. The fourth-order valence-electron chi connectivity index (χ4n) is 2.00. The van der Waals surface area contributed by atoms with E-state index < -0.39 is 0 Å². The molecule has 3 aromatic rings. The molecule has 6 heteroatoms. The largest absolute Gasteiger partial charge is 0.322 e. The predicted molar refractivity (Wildman–Crippen MR) is 79.9 cm³/mol. The molecule has 0 spiro atoms. The number of hydrogen-bond acceptors (Lipinski definition) is 3. The fraction of sp³-hybridized carbons (Fsp3) is 0.0625. The van der Waals surface area contributed by atoms with Gasteiger partial charge in [-0.3, -0.25) is 4.79 Å². The molecule has 0 unspecified atom stereocenters. The van der Waals surface area contributed by atoms with Crippen LogP contribution in [-0.2, 0) is 6.54 Å². The van der Waals surface area contributed by atoms with Crippen molar-refractivity contribution in [2.24, 2.45) is 0 Å². The van der Waals surface area contributed by atoms with Crippen molar-refractivity contribution in [3.63, 3.8) is 0 Å². The van der Waals surface area contributed by atoms with Crippen LogP contribution in [0.25, 0.3) is 0 Å². The number of carbonyl (C=O) groups excluding carboxylic acids is 1. The lowest BCUT2D eigenvalue weighted by Crippen LogP contribution is -2.12.